The highest BCUT2D eigenvalue weighted by Crippen LogP contribution is 2.47. The van der Waals surface area contributed by atoms with E-state index in [4.69, 9.17) is 24.3 Å². The third kappa shape index (κ3) is 7.07. The molecule has 1 aliphatic heterocycles. The van der Waals surface area contributed by atoms with Gasteiger partial charge in [0.2, 0.25) is 5.95 Å². The standard InChI is InChI=1S/C29H39N8O8P/c1-16(25(39)42-14-28(2,3)4)36-46(41,45-18-9-10-19-17(12-18)8-7-11-32-19)43-13-20-22(38)29(5,40)26(44-20)37-15-33-21-23(31-6)34-27(30)35-24(21)37/h7-12,15-16,20,22,26,38,40H,13-14H2,1-6H3,(H,36,41)(H3,30,31,34,35)/t16-,20+,22+,26+,29+,46?/m0/s1. The number of nitrogen functional groups attached to an aromatic ring is 1. The Kier molecular flexibility index (Phi) is 9.23. The van der Waals surface area contributed by atoms with Crippen LogP contribution in [0.4, 0.5) is 11.8 Å². The molecule has 1 unspecified atom stereocenters. The van der Waals surface area contributed by atoms with E-state index in [1.165, 1.54) is 24.7 Å². The van der Waals surface area contributed by atoms with Crippen LogP contribution in [0.15, 0.2) is 42.9 Å². The molecule has 1 fully saturated rings. The average Bonchev–Trinajstić information content (AvgIpc) is 3.50. The van der Waals surface area contributed by atoms with Crippen LogP contribution in [0.3, 0.4) is 0 Å². The van der Waals surface area contributed by atoms with Crippen LogP contribution in [0.2, 0.25) is 0 Å². The molecule has 1 aliphatic rings. The number of aliphatic hydroxyl groups is 2. The van der Waals surface area contributed by atoms with Crippen LogP contribution in [0.5, 0.6) is 5.75 Å². The number of nitrogens with two attached hydrogens (primary N) is 1. The Morgan fingerprint density at radius 2 is 2.02 bits per heavy atom. The zero-order valence-corrected chi connectivity index (χ0v) is 27.3. The van der Waals surface area contributed by atoms with Crippen molar-refractivity contribution >= 4 is 47.5 Å². The minimum Gasteiger partial charge on any atom is -0.464 e. The normalized spacial score (nSPS) is 23.7. The van der Waals surface area contributed by atoms with Gasteiger partial charge in [0.1, 0.15) is 29.6 Å². The third-order valence-electron chi connectivity index (χ3n) is 7.24. The number of rotatable bonds is 11. The van der Waals surface area contributed by atoms with Gasteiger partial charge < -0.3 is 35.3 Å². The summed E-state index contributed by atoms with van der Waals surface area (Å²) in [5.74, 6) is -0.171. The van der Waals surface area contributed by atoms with E-state index >= 15 is 0 Å². The van der Waals surface area contributed by atoms with Gasteiger partial charge in [-0.15, -0.1) is 0 Å². The second kappa shape index (κ2) is 12.7. The van der Waals surface area contributed by atoms with Crippen molar-refractivity contribution < 1.29 is 38.1 Å². The maximum atomic E-state index is 14.2. The molecular weight excluding hydrogens is 619 g/mol. The van der Waals surface area contributed by atoms with E-state index in [1.807, 2.05) is 26.8 Å². The summed E-state index contributed by atoms with van der Waals surface area (Å²) in [6.07, 6.45) is -0.904. The summed E-state index contributed by atoms with van der Waals surface area (Å²) in [5, 5.41) is 28.8. The zero-order valence-electron chi connectivity index (χ0n) is 26.4. The number of aromatic nitrogens is 5. The van der Waals surface area contributed by atoms with E-state index in [2.05, 4.69) is 30.3 Å². The molecule has 1 saturated heterocycles. The van der Waals surface area contributed by atoms with E-state index < -0.39 is 50.4 Å². The molecular formula is C29H39N8O8P. The van der Waals surface area contributed by atoms with Crippen LogP contribution in [-0.2, 0) is 23.4 Å². The SMILES string of the molecule is CNc1nc(N)nc2c1ncn2[C@@H]1O[C@H](COP(=O)(N[C@@H](C)C(=O)OCC(C)(C)C)Oc2ccc3ncccc3c2)[C@@H](O)[C@@]1(C)O. The molecule has 46 heavy (non-hydrogen) atoms. The number of hydrogen-bond acceptors (Lipinski definition) is 14. The Balaban J connectivity index is 1.38. The highest BCUT2D eigenvalue weighted by atomic mass is 31.2. The van der Waals surface area contributed by atoms with E-state index in [9.17, 15) is 19.6 Å². The first kappa shape index (κ1) is 33.4. The number of ether oxygens (including phenoxy) is 2. The second-order valence-corrected chi connectivity index (χ2v) is 14.2. The number of carbonyl (C=O) groups excluding carboxylic acids is 1. The predicted molar refractivity (Wildman–Crippen MR) is 169 cm³/mol. The Morgan fingerprint density at radius 1 is 1.26 bits per heavy atom. The lowest BCUT2D eigenvalue weighted by molar-refractivity contribution is -0.148. The number of pyridine rings is 1. The van der Waals surface area contributed by atoms with Crippen LogP contribution in [0, 0.1) is 5.41 Å². The summed E-state index contributed by atoms with van der Waals surface area (Å²) in [4.78, 5) is 29.7. The summed E-state index contributed by atoms with van der Waals surface area (Å²) in [6, 6.07) is 7.33. The van der Waals surface area contributed by atoms with Gasteiger partial charge in [0.15, 0.2) is 23.2 Å². The third-order valence-corrected chi connectivity index (χ3v) is 8.89. The largest absolute Gasteiger partial charge is 0.464 e. The zero-order chi connectivity index (χ0) is 33.4. The molecule has 1 aromatic carbocycles. The minimum atomic E-state index is -4.36. The summed E-state index contributed by atoms with van der Waals surface area (Å²) >= 11 is 0. The molecule has 16 nitrogen and oxygen atoms in total. The first-order chi connectivity index (χ1) is 21.6. The van der Waals surface area contributed by atoms with Crippen LogP contribution in [0.25, 0.3) is 22.1 Å². The second-order valence-electron chi connectivity index (χ2n) is 12.5. The lowest BCUT2D eigenvalue weighted by Crippen LogP contribution is -2.44. The van der Waals surface area contributed by atoms with Gasteiger partial charge in [-0.25, -0.2) is 9.55 Å². The lowest BCUT2D eigenvalue weighted by Gasteiger charge is -2.27. The molecule has 5 rings (SSSR count). The van der Waals surface area contributed by atoms with Crippen molar-refractivity contribution in [1.29, 1.82) is 0 Å². The molecule has 4 aromatic rings. The number of hydrogen-bond donors (Lipinski definition) is 5. The molecule has 17 heteroatoms. The van der Waals surface area contributed by atoms with Gasteiger partial charge in [-0.05, 0) is 43.5 Å². The van der Waals surface area contributed by atoms with Crippen molar-refractivity contribution in [2.75, 3.05) is 31.3 Å². The maximum Gasteiger partial charge on any atom is 0.459 e. The number of fused-ring (bicyclic) bond motifs is 2. The molecule has 4 heterocycles. The number of esters is 1. The fraction of sp³-hybridized carbons (Fsp3) is 0.483. The van der Waals surface area contributed by atoms with Gasteiger partial charge in [0.05, 0.1) is 25.1 Å². The topological polar surface area (TPSA) is 218 Å². The number of carbonyl (C=O) groups is 1. The van der Waals surface area contributed by atoms with Gasteiger partial charge >= 0.3 is 13.7 Å². The number of nitrogens with zero attached hydrogens (tertiary/aromatic N) is 5. The molecule has 0 aliphatic carbocycles. The van der Waals surface area contributed by atoms with E-state index in [-0.39, 0.29) is 29.4 Å². The summed E-state index contributed by atoms with van der Waals surface area (Å²) in [5.41, 5.74) is 5.01. The van der Waals surface area contributed by atoms with Gasteiger partial charge in [-0.1, -0.05) is 26.8 Å². The Hall–Kier alpha value is -3.92. The van der Waals surface area contributed by atoms with Crippen LogP contribution in [-0.4, -0.2) is 84.8 Å². The van der Waals surface area contributed by atoms with Crippen molar-refractivity contribution in [3.8, 4) is 5.75 Å². The Morgan fingerprint density at radius 3 is 2.74 bits per heavy atom. The summed E-state index contributed by atoms with van der Waals surface area (Å²) in [6.45, 7) is 8.20. The number of aliphatic hydroxyl groups excluding tert-OH is 1. The van der Waals surface area contributed by atoms with E-state index in [1.54, 1.807) is 37.5 Å². The van der Waals surface area contributed by atoms with Crippen molar-refractivity contribution in [2.24, 2.45) is 5.41 Å². The van der Waals surface area contributed by atoms with Crippen LogP contribution in [0.1, 0.15) is 40.8 Å². The molecule has 248 valence electrons. The lowest BCUT2D eigenvalue weighted by atomic mass is 9.96. The number of anilines is 2. The molecule has 0 bridgehead atoms. The van der Waals surface area contributed by atoms with E-state index in [0.29, 0.717) is 16.9 Å². The maximum absolute atomic E-state index is 14.2. The van der Waals surface area contributed by atoms with Crippen LogP contribution < -0.4 is 20.7 Å². The summed E-state index contributed by atoms with van der Waals surface area (Å²) in [7, 11) is -2.71. The quantitative estimate of drug-likeness (QED) is 0.116. The monoisotopic (exact) mass is 658 g/mol. The van der Waals surface area contributed by atoms with E-state index in [0.717, 1.165) is 5.39 Å². The van der Waals surface area contributed by atoms with Crippen molar-refractivity contribution in [3.05, 3.63) is 42.9 Å². The highest BCUT2D eigenvalue weighted by Gasteiger charge is 2.54. The first-order valence-electron chi connectivity index (χ1n) is 14.6. The molecule has 6 N–H and O–H groups in total. The Labute approximate surface area is 265 Å². The number of imidazole rings is 1. The van der Waals surface area contributed by atoms with Crippen molar-refractivity contribution in [1.82, 2.24) is 29.6 Å². The fourth-order valence-electron chi connectivity index (χ4n) is 4.87. The van der Waals surface area contributed by atoms with Gasteiger partial charge in [-0.2, -0.15) is 15.1 Å². The highest BCUT2D eigenvalue weighted by molar-refractivity contribution is 7.52. The molecule has 0 radical (unpaired) electrons. The van der Waals surface area contributed by atoms with Gasteiger partial charge in [-0.3, -0.25) is 18.9 Å². The molecule has 0 amide bonds. The van der Waals surface area contributed by atoms with Crippen LogP contribution >= 0.6 is 7.75 Å². The fourth-order valence-corrected chi connectivity index (χ4v) is 6.36. The van der Waals surface area contributed by atoms with Crippen molar-refractivity contribution in [3.63, 3.8) is 0 Å². The van der Waals surface area contributed by atoms with Gasteiger partial charge in [0, 0.05) is 18.6 Å². The van der Waals surface area contributed by atoms with Gasteiger partial charge in [0.25, 0.3) is 0 Å². The minimum absolute atomic E-state index is 0.0412. The molecule has 0 saturated carbocycles. The molecule has 3 aromatic heterocycles. The predicted octanol–water partition coefficient (Wildman–Crippen LogP) is 2.78. The average molecular weight is 659 g/mol. The molecule has 0 spiro atoms. The smallest absolute Gasteiger partial charge is 0.459 e. The Bertz CT molecular complexity index is 1780. The first-order valence-corrected chi connectivity index (χ1v) is 16.1. The number of nitrogens with one attached hydrogen (secondary N) is 2. The number of benzene rings is 1. The molecule has 6 atom stereocenters. The van der Waals surface area contributed by atoms with Crippen molar-refractivity contribution in [2.45, 2.75) is 64.7 Å². The summed E-state index contributed by atoms with van der Waals surface area (Å²) < 4.78 is 38.7.